The lowest BCUT2D eigenvalue weighted by molar-refractivity contribution is 0.794. The van der Waals surface area contributed by atoms with E-state index in [1.165, 1.54) is 88.3 Å². The molecule has 12 aromatic carbocycles. The molecule has 0 fully saturated rings. The number of hydrogen-bond donors (Lipinski definition) is 0. The van der Waals surface area contributed by atoms with E-state index in [9.17, 15) is 0 Å². The van der Waals surface area contributed by atoms with E-state index in [1.807, 2.05) is 0 Å². The Labute approximate surface area is 414 Å². The average molecular weight is 903 g/mol. The van der Waals surface area contributed by atoms with E-state index < -0.39 is 5.41 Å². The van der Waals surface area contributed by atoms with Crippen LogP contribution in [0.4, 0.5) is 34.1 Å². The first-order chi connectivity index (χ1) is 35.3. The molecule has 0 N–H and O–H groups in total. The van der Waals surface area contributed by atoms with Gasteiger partial charge in [0.25, 0.3) is 0 Å². The second-order valence-electron chi connectivity index (χ2n) is 18.7. The zero-order valence-electron chi connectivity index (χ0n) is 39.0. The Balaban J connectivity index is 0.895. The predicted octanol–water partition coefficient (Wildman–Crippen LogP) is 18.6. The van der Waals surface area contributed by atoms with Gasteiger partial charge in [0.15, 0.2) is 0 Å². The highest BCUT2D eigenvalue weighted by atomic mass is 15.2. The van der Waals surface area contributed by atoms with Crippen LogP contribution < -0.4 is 9.80 Å². The number of rotatable bonds is 8. The average Bonchev–Trinajstić information content (AvgIpc) is 3.92. The third-order valence-electron chi connectivity index (χ3n) is 15.0. The van der Waals surface area contributed by atoms with Crippen molar-refractivity contribution in [2.75, 3.05) is 9.80 Å². The number of benzene rings is 12. The van der Waals surface area contributed by atoms with Crippen molar-refractivity contribution >= 4 is 55.7 Å². The van der Waals surface area contributed by atoms with Gasteiger partial charge in [0.05, 0.1) is 5.41 Å². The van der Waals surface area contributed by atoms with Gasteiger partial charge in [-0.3, -0.25) is 0 Å². The second-order valence-corrected chi connectivity index (χ2v) is 18.7. The quantitative estimate of drug-likeness (QED) is 0.140. The minimum Gasteiger partial charge on any atom is -0.311 e. The van der Waals surface area contributed by atoms with Crippen molar-refractivity contribution in [2.45, 2.75) is 5.41 Å². The fourth-order valence-corrected chi connectivity index (χ4v) is 12.2. The fraction of sp³-hybridized carbons (Fsp3) is 0.0145. The maximum atomic E-state index is 2.53. The van der Waals surface area contributed by atoms with Crippen LogP contribution in [-0.2, 0) is 5.41 Å². The zero-order chi connectivity index (χ0) is 46.9. The molecule has 0 aromatic heterocycles. The molecule has 14 rings (SSSR count). The van der Waals surface area contributed by atoms with Crippen LogP contribution in [-0.4, -0.2) is 0 Å². The van der Waals surface area contributed by atoms with Crippen LogP contribution in [0.3, 0.4) is 0 Å². The molecule has 2 nitrogen and oxygen atoms in total. The van der Waals surface area contributed by atoms with Crippen LogP contribution in [0.1, 0.15) is 22.3 Å². The van der Waals surface area contributed by atoms with Crippen molar-refractivity contribution in [3.05, 3.63) is 301 Å². The van der Waals surface area contributed by atoms with Crippen LogP contribution in [0.2, 0.25) is 0 Å². The summed E-state index contributed by atoms with van der Waals surface area (Å²) in [6.07, 6.45) is 0. The van der Waals surface area contributed by atoms with Gasteiger partial charge in [0.2, 0.25) is 0 Å². The lowest BCUT2D eigenvalue weighted by atomic mass is 9.70. The molecule has 0 unspecified atom stereocenters. The number of nitrogens with zero attached hydrogens (tertiary/aromatic N) is 2. The van der Waals surface area contributed by atoms with Gasteiger partial charge in [0, 0.05) is 34.1 Å². The summed E-state index contributed by atoms with van der Waals surface area (Å²) in [6.45, 7) is 0. The van der Waals surface area contributed by atoms with E-state index in [0.717, 1.165) is 34.1 Å². The minimum absolute atomic E-state index is 0.414. The first kappa shape index (κ1) is 40.8. The summed E-state index contributed by atoms with van der Waals surface area (Å²) in [4.78, 5) is 4.65. The first-order valence-corrected chi connectivity index (χ1v) is 24.6. The third kappa shape index (κ3) is 6.28. The molecule has 12 aromatic rings. The van der Waals surface area contributed by atoms with E-state index in [2.05, 4.69) is 289 Å². The molecule has 0 radical (unpaired) electrons. The highest BCUT2D eigenvalue weighted by Crippen LogP contribution is 2.63. The van der Waals surface area contributed by atoms with Gasteiger partial charge in [-0.25, -0.2) is 0 Å². The van der Waals surface area contributed by atoms with Gasteiger partial charge in [-0.1, -0.05) is 200 Å². The Kier molecular flexibility index (Phi) is 9.47. The van der Waals surface area contributed by atoms with Crippen LogP contribution >= 0.6 is 0 Å². The summed E-state index contributed by atoms with van der Waals surface area (Å²) in [6, 6.07) is 103. The summed E-state index contributed by atoms with van der Waals surface area (Å²) in [5.74, 6) is 0. The zero-order valence-corrected chi connectivity index (χ0v) is 39.0. The molecule has 0 bridgehead atoms. The van der Waals surface area contributed by atoms with Crippen LogP contribution in [0.5, 0.6) is 0 Å². The molecular weight excluding hydrogens is 857 g/mol. The van der Waals surface area contributed by atoms with Crippen molar-refractivity contribution in [3.63, 3.8) is 0 Å². The molecule has 0 aliphatic heterocycles. The maximum absolute atomic E-state index is 2.53. The Morgan fingerprint density at radius 1 is 0.211 bits per heavy atom. The summed E-state index contributed by atoms with van der Waals surface area (Å²) in [5.41, 5.74) is 21.8. The molecule has 2 aliphatic carbocycles. The molecule has 2 heteroatoms. The molecule has 71 heavy (non-hydrogen) atoms. The van der Waals surface area contributed by atoms with Gasteiger partial charge >= 0.3 is 0 Å². The normalized spacial score (nSPS) is 12.6. The molecule has 2 aliphatic rings. The lowest BCUT2D eigenvalue weighted by Crippen LogP contribution is -2.25. The van der Waals surface area contributed by atoms with Crippen LogP contribution in [0.15, 0.2) is 279 Å². The fourth-order valence-electron chi connectivity index (χ4n) is 12.2. The third-order valence-corrected chi connectivity index (χ3v) is 15.0. The Morgan fingerprint density at radius 3 is 0.887 bits per heavy atom. The molecule has 0 atom stereocenters. The number of para-hydroxylation sites is 3. The number of fused-ring (bicyclic) bond motifs is 12. The van der Waals surface area contributed by atoms with E-state index >= 15 is 0 Å². The topological polar surface area (TPSA) is 6.48 Å². The van der Waals surface area contributed by atoms with Gasteiger partial charge in [-0.15, -0.1) is 0 Å². The van der Waals surface area contributed by atoms with Crippen molar-refractivity contribution in [3.8, 4) is 44.5 Å². The highest BCUT2D eigenvalue weighted by Gasteiger charge is 2.51. The molecule has 1 spiro atoms. The molecule has 0 heterocycles. The monoisotopic (exact) mass is 902 g/mol. The van der Waals surface area contributed by atoms with Gasteiger partial charge in [-0.2, -0.15) is 0 Å². The van der Waals surface area contributed by atoms with Gasteiger partial charge in [0.1, 0.15) is 0 Å². The summed E-state index contributed by atoms with van der Waals surface area (Å²) in [7, 11) is 0. The molecule has 0 saturated carbocycles. The molecule has 0 amide bonds. The van der Waals surface area contributed by atoms with Crippen LogP contribution in [0.25, 0.3) is 66.1 Å². The van der Waals surface area contributed by atoms with Crippen molar-refractivity contribution in [2.24, 2.45) is 0 Å². The van der Waals surface area contributed by atoms with Gasteiger partial charge < -0.3 is 9.80 Å². The Bertz CT molecular complexity index is 3810. The summed E-state index contributed by atoms with van der Waals surface area (Å²) < 4.78 is 0. The molecule has 0 saturated heterocycles. The van der Waals surface area contributed by atoms with E-state index in [0.29, 0.717) is 0 Å². The Morgan fingerprint density at radius 2 is 0.493 bits per heavy atom. The smallest absolute Gasteiger partial charge is 0.0725 e. The second kappa shape index (κ2) is 16.5. The van der Waals surface area contributed by atoms with Crippen molar-refractivity contribution in [1.29, 1.82) is 0 Å². The van der Waals surface area contributed by atoms with Gasteiger partial charge in [-0.05, 0) is 167 Å². The van der Waals surface area contributed by atoms with Crippen molar-refractivity contribution in [1.82, 2.24) is 0 Å². The SMILES string of the molecule is c1ccc(N(c2ccccc2)c2ccc(N(c3ccccc3)c3ccc(-c4c5ccccc5c(-c5ccc6c(c5)C5(c7ccccc7-c7ccccc75)c5ccccc5-6)c5ccccc45)cc3)cc2)cc1. The minimum atomic E-state index is -0.414. The first-order valence-electron chi connectivity index (χ1n) is 24.6. The number of anilines is 6. The van der Waals surface area contributed by atoms with Crippen LogP contribution in [0, 0.1) is 0 Å². The lowest BCUT2D eigenvalue weighted by Gasteiger charge is -2.31. The highest BCUT2D eigenvalue weighted by molar-refractivity contribution is 6.21. The summed E-state index contributed by atoms with van der Waals surface area (Å²) >= 11 is 0. The summed E-state index contributed by atoms with van der Waals surface area (Å²) in [5, 5.41) is 4.96. The largest absolute Gasteiger partial charge is 0.311 e. The predicted molar refractivity (Wildman–Crippen MR) is 298 cm³/mol. The standard InChI is InChI=1S/C69H46N2/c1-4-20-49(21-5-1)70(50-22-6-2-7-23-50)53-41-43-54(44-42-53)71(51-24-8-3-9-25-51)52-39-36-47(37-40-52)67-59-29-10-12-31-61(59)68(62-32-13-11-30-60(62)67)48-38-45-58-57-28-16-19-35-65(57)69(66(58)46-48)63-33-17-14-26-55(63)56-27-15-18-34-64(56)69/h1-46H. The molecular formula is C69H46N2. The van der Waals surface area contributed by atoms with Crippen molar-refractivity contribution < 1.29 is 0 Å². The Hall–Kier alpha value is -9.24. The maximum Gasteiger partial charge on any atom is 0.0725 e. The number of hydrogen-bond acceptors (Lipinski definition) is 2. The van der Waals surface area contributed by atoms with E-state index in [4.69, 9.17) is 0 Å². The van der Waals surface area contributed by atoms with E-state index in [1.54, 1.807) is 0 Å². The molecule has 332 valence electrons. The van der Waals surface area contributed by atoms with E-state index in [-0.39, 0.29) is 0 Å².